The van der Waals surface area contributed by atoms with Crippen LogP contribution in [0.3, 0.4) is 0 Å². The first-order chi connectivity index (χ1) is 7.40. The molecule has 0 fully saturated rings. The fourth-order valence-electron chi connectivity index (χ4n) is 1.52. The van der Waals surface area contributed by atoms with E-state index in [1.165, 1.54) is 16.7 Å². The Hall–Kier alpha value is -1.21. The summed E-state index contributed by atoms with van der Waals surface area (Å²) in [6.07, 6.45) is 2.07. The highest BCUT2D eigenvalue weighted by Gasteiger charge is 1.96. The summed E-state index contributed by atoms with van der Waals surface area (Å²) < 4.78 is 0. The van der Waals surface area contributed by atoms with E-state index in [0.29, 0.717) is 0 Å². The molecular weight excluding hydrogens is 200 g/mol. The average molecular weight is 213 g/mol. The second-order valence-corrected chi connectivity index (χ2v) is 4.05. The van der Waals surface area contributed by atoms with E-state index in [0.717, 1.165) is 0 Å². The van der Waals surface area contributed by atoms with E-state index in [1.54, 1.807) is 11.8 Å². The van der Waals surface area contributed by atoms with Gasteiger partial charge in [0.25, 0.3) is 0 Å². The second-order valence-electron chi connectivity index (χ2n) is 3.34. The molecule has 75 valence electrons. The van der Waals surface area contributed by atoms with Crippen LogP contribution in [0.2, 0.25) is 0 Å². The van der Waals surface area contributed by atoms with Crippen LogP contribution in [0.4, 0.5) is 0 Å². The maximum atomic E-state index is 2.16. The lowest BCUT2D eigenvalue weighted by molar-refractivity contribution is 1.56. The van der Waals surface area contributed by atoms with Gasteiger partial charge < -0.3 is 0 Å². The minimum absolute atomic E-state index is 1.27. The first-order valence-corrected chi connectivity index (χ1v) is 6.20. The zero-order valence-corrected chi connectivity index (χ0v) is 9.50. The van der Waals surface area contributed by atoms with Gasteiger partial charge >= 0.3 is 0 Å². The van der Waals surface area contributed by atoms with E-state index in [-0.39, 0.29) is 0 Å². The van der Waals surface area contributed by atoms with Crippen LogP contribution in [0, 0.1) is 5.75 Å². The minimum Gasteiger partial charge on any atom is -0.156 e. The number of hydrogen-bond donors (Lipinski definition) is 0. The largest absolute Gasteiger partial charge is 0.156 e. The standard InChI is InChI=1S/C14H13S/c1-15-11-12-7-9-14(10-8-12)13-5-3-2-4-6-13/h2-11H,1H3. The van der Waals surface area contributed by atoms with Gasteiger partial charge in [0.05, 0.1) is 0 Å². The number of hydrogen-bond acceptors (Lipinski definition) is 1. The lowest BCUT2D eigenvalue weighted by Crippen LogP contribution is -1.79. The third-order valence-electron chi connectivity index (χ3n) is 2.27. The van der Waals surface area contributed by atoms with E-state index in [9.17, 15) is 0 Å². The molecule has 0 nitrogen and oxygen atoms in total. The molecule has 0 aliphatic heterocycles. The van der Waals surface area contributed by atoms with E-state index in [1.807, 2.05) is 6.07 Å². The Labute approximate surface area is 95.3 Å². The van der Waals surface area contributed by atoms with Crippen molar-refractivity contribution in [2.45, 2.75) is 0 Å². The third kappa shape index (κ3) is 2.63. The zero-order valence-electron chi connectivity index (χ0n) is 8.68. The Morgan fingerprint density at radius 2 is 1.40 bits per heavy atom. The van der Waals surface area contributed by atoms with E-state index in [4.69, 9.17) is 0 Å². The van der Waals surface area contributed by atoms with Crippen LogP contribution in [0.5, 0.6) is 0 Å². The van der Waals surface area contributed by atoms with Crippen LogP contribution in [-0.4, -0.2) is 6.26 Å². The van der Waals surface area contributed by atoms with Crippen LogP contribution >= 0.6 is 11.8 Å². The highest BCUT2D eigenvalue weighted by atomic mass is 32.2. The Morgan fingerprint density at radius 3 is 2.00 bits per heavy atom. The van der Waals surface area contributed by atoms with Crippen molar-refractivity contribution < 1.29 is 0 Å². The summed E-state index contributed by atoms with van der Waals surface area (Å²) in [5.74, 6) is 2.15. The van der Waals surface area contributed by atoms with Crippen LogP contribution in [0.1, 0.15) is 5.56 Å². The van der Waals surface area contributed by atoms with E-state index >= 15 is 0 Å². The molecule has 0 aliphatic rings. The van der Waals surface area contributed by atoms with Crippen molar-refractivity contribution >= 4 is 11.8 Å². The molecule has 15 heavy (non-hydrogen) atoms. The predicted octanol–water partition coefficient (Wildman–Crippen LogP) is 4.23. The normalized spacial score (nSPS) is 10.2. The molecule has 0 bridgehead atoms. The molecule has 0 saturated carbocycles. The van der Waals surface area contributed by atoms with Crippen LogP contribution in [-0.2, 0) is 0 Å². The second kappa shape index (κ2) is 5.04. The molecule has 0 N–H and O–H groups in total. The molecule has 0 aliphatic carbocycles. The summed E-state index contributed by atoms with van der Waals surface area (Å²) in [4.78, 5) is 0. The molecule has 0 atom stereocenters. The first kappa shape index (κ1) is 10.3. The maximum Gasteiger partial charge on any atom is 0.0454 e. The van der Waals surface area contributed by atoms with Gasteiger partial charge in [0, 0.05) is 5.75 Å². The van der Waals surface area contributed by atoms with Gasteiger partial charge in [0.1, 0.15) is 0 Å². The van der Waals surface area contributed by atoms with Gasteiger partial charge in [0.2, 0.25) is 0 Å². The average Bonchev–Trinajstić information content (AvgIpc) is 2.32. The van der Waals surface area contributed by atoms with Gasteiger partial charge in [-0.3, -0.25) is 0 Å². The highest BCUT2D eigenvalue weighted by Crippen LogP contribution is 2.21. The van der Waals surface area contributed by atoms with E-state index < -0.39 is 0 Å². The first-order valence-electron chi connectivity index (χ1n) is 4.91. The zero-order chi connectivity index (χ0) is 10.5. The Kier molecular flexibility index (Phi) is 3.46. The number of rotatable bonds is 3. The third-order valence-corrected chi connectivity index (χ3v) is 2.78. The fourth-order valence-corrected chi connectivity index (χ4v) is 1.95. The molecule has 0 aromatic heterocycles. The molecule has 2 aromatic carbocycles. The lowest BCUT2D eigenvalue weighted by atomic mass is 10.0. The summed E-state index contributed by atoms with van der Waals surface area (Å²) in [5.41, 5.74) is 3.81. The smallest absolute Gasteiger partial charge is 0.0454 e. The van der Waals surface area contributed by atoms with Gasteiger partial charge in [0.15, 0.2) is 0 Å². The van der Waals surface area contributed by atoms with Crippen LogP contribution in [0.25, 0.3) is 11.1 Å². The topological polar surface area (TPSA) is 0 Å². The van der Waals surface area contributed by atoms with Crippen molar-refractivity contribution in [1.29, 1.82) is 0 Å². The highest BCUT2D eigenvalue weighted by molar-refractivity contribution is 8.00. The Balaban J connectivity index is 2.24. The molecule has 0 amide bonds. The monoisotopic (exact) mass is 213 g/mol. The van der Waals surface area contributed by atoms with Crippen molar-refractivity contribution in [3.63, 3.8) is 0 Å². The van der Waals surface area contributed by atoms with Gasteiger partial charge in [-0.2, -0.15) is 11.8 Å². The van der Waals surface area contributed by atoms with E-state index in [2.05, 4.69) is 60.5 Å². The molecule has 1 heteroatoms. The van der Waals surface area contributed by atoms with Crippen LogP contribution in [0.15, 0.2) is 54.6 Å². The van der Waals surface area contributed by atoms with Crippen molar-refractivity contribution in [3.05, 3.63) is 65.9 Å². The predicted molar refractivity (Wildman–Crippen MR) is 68.8 cm³/mol. The fraction of sp³-hybridized carbons (Fsp3) is 0.0714. The molecule has 0 heterocycles. The van der Waals surface area contributed by atoms with Gasteiger partial charge in [-0.15, -0.1) is 0 Å². The van der Waals surface area contributed by atoms with Crippen molar-refractivity contribution in [2.24, 2.45) is 0 Å². The number of benzene rings is 2. The molecule has 1 radical (unpaired) electrons. The molecule has 2 rings (SSSR count). The minimum atomic E-state index is 1.27. The van der Waals surface area contributed by atoms with Crippen LogP contribution < -0.4 is 0 Å². The molecular formula is C14H13S. The van der Waals surface area contributed by atoms with Gasteiger partial charge in [-0.25, -0.2) is 0 Å². The van der Waals surface area contributed by atoms with Gasteiger partial charge in [-0.05, 0) is 22.9 Å². The summed E-state index contributed by atoms with van der Waals surface area (Å²) >= 11 is 1.73. The SMILES string of the molecule is CS[CH]c1ccc(-c2ccccc2)cc1. The summed E-state index contributed by atoms with van der Waals surface area (Å²) in [6.45, 7) is 0. The quantitative estimate of drug-likeness (QED) is 0.735. The number of thioether (sulfide) groups is 1. The van der Waals surface area contributed by atoms with Crippen molar-refractivity contribution in [3.8, 4) is 11.1 Å². The molecule has 0 unspecified atom stereocenters. The molecule has 0 spiro atoms. The summed E-state index contributed by atoms with van der Waals surface area (Å²) in [5, 5.41) is 0. The Morgan fingerprint density at radius 1 is 0.800 bits per heavy atom. The van der Waals surface area contributed by atoms with Crippen molar-refractivity contribution in [2.75, 3.05) is 6.26 Å². The van der Waals surface area contributed by atoms with Crippen molar-refractivity contribution in [1.82, 2.24) is 0 Å². The summed E-state index contributed by atoms with van der Waals surface area (Å²) in [7, 11) is 0. The maximum absolute atomic E-state index is 2.16. The lowest BCUT2D eigenvalue weighted by Gasteiger charge is -2.02. The molecule has 2 aromatic rings. The van der Waals surface area contributed by atoms with Gasteiger partial charge in [-0.1, -0.05) is 54.6 Å². The molecule has 0 saturated heterocycles. The Bertz CT molecular complexity index is 403. The summed E-state index contributed by atoms with van der Waals surface area (Å²) in [6, 6.07) is 19.1.